The molecular formula is C35H61N3O9. The lowest BCUT2D eigenvalue weighted by molar-refractivity contribution is -0.121. The van der Waals surface area contributed by atoms with Gasteiger partial charge in [0, 0.05) is 52.1 Å². The molecule has 12 nitrogen and oxygen atoms in total. The fourth-order valence-electron chi connectivity index (χ4n) is 4.78. The lowest BCUT2D eigenvalue weighted by atomic mass is 9.88. The zero-order valence-corrected chi connectivity index (χ0v) is 30.4. The maximum absolute atomic E-state index is 11.8. The van der Waals surface area contributed by atoms with Crippen LogP contribution in [0.1, 0.15) is 107 Å². The van der Waals surface area contributed by atoms with Crippen LogP contribution in [0.3, 0.4) is 0 Å². The first-order valence-corrected chi connectivity index (χ1v) is 16.5. The molecule has 3 aliphatic rings. The second-order valence-corrected chi connectivity index (χ2v) is 15.5. The van der Waals surface area contributed by atoms with E-state index in [9.17, 15) is 29.4 Å². The van der Waals surface area contributed by atoms with Gasteiger partial charge in [-0.3, -0.25) is 4.79 Å². The van der Waals surface area contributed by atoms with Crippen LogP contribution in [0.2, 0.25) is 0 Å². The number of aliphatic hydroxyl groups is 2. The van der Waals surface area contributed by atoms with E-state index < -0.39 is 28.0 Å². The minimum atomic E-state index is -0.821. The minimum absolute atomic E-state index is 0.227. The van der Waals surface area contributed by atoms with Gasteiger partial charge in [-0.2, -0.15) is 0 Å². The van der Waals surface area contributed by atoms with Crippen LogP contribution in [0.15, 0.2) is 25.3 Å². The number of hydrogen-bond donors (Lipinski definition) is 2. The maximum Gasteiger partial charge on any atom is 0.410 e. The number of ether oxygens (including phenoxy) is 3. The number of Topliss-reactive ketones (excluding diaryl/α,β-unsaturated/α-hetero) is 1. The molecular weight excluding hydrogens is 606 g/mol. The highest BCUT2D eigenvalue weighted by Crippen LogP contribution is 2.27. The van der Waals surface area contributed by atoms with Crippen molar-refractivity contribution < 1.29 is 43.6 Å². The molecule has 12 heteroatoms. The molecule has 0 aliphatic carbocycles. The molecule has 0 spiro atoms. The second-order valence-electron chi connectivity index (χ2n) is 15.5. The normalized spacial score (nSPS) is 19.6. The molecule has 47 heavy (non-hydrogen) atoms. The van der Waals surface area contributed by atoms with Crippen molar-refractivity contribution >= 4 is 24.1 Å². The Labute approximate surface area is 282 Å². The van der Waals surface area contributed by atoms with E-state index in [1.807, 2.05) is 62.3 Å². The number of hydrogen-bond acceptors (Lipinski definition) is 9. The van der Waals surface area contributed by atoms with Gasteiger partial charge < -0.3 is 39.1 Å². The Kier molecular flexibility index (Phi) is 15.4. The zero-order valence-electron chi connectivity index (χ0n) is 30.4. The SMILES string of the molecule is C=CC1(O)CCN(C(=O)OC(C)(C)C)CC1.C=CCC1(O)CCN(C(=O)OC(C)(C)C)CC1.CC(C)(C)OC(=O)N1CCC(=O)CC1. The van der Waals surface area contributed by atoms with Crippen LogP contribution in [0.5, 0.6) is 0 Å². The predicted octanol–water partition coefficient (Wildman–Crippen LogP) is 5.85. The third-order valence-electron chi connectivity index (χ3n) is 7.50. The van der Waals surface area contributed by atoms with E-state index in [0.29, 0.717) is 84.2 Å². The highest BCUT2D eigenvalue weighted by molar-refractivity contribution is 5.81. The number of piperidine rings is 3. The molecule has 270 valence electrons. The van der Waals surface area contributed by atoms with E-state index in [-0.39, 0.29) is 24.1 Å². The monoisotopic (exact) mass is 667 g/mol. The van der Waals surface area contributed by atoms with Crippen LogP contribution in [0.4, 0.5) is 14.4 Å². The smallest absolute Gasteiger partial charge is 0.410 e. The van der Waals surface area contributed by atoms with Crippen molar-refractivity contribution in [2.75, 3.05) is 39.3 Å². The summed E-state index contributed by atoms with van der Waals surface area (Å²) in [5.41, 5.74) is -2.91. The maximum atomic E-state index is 11.8. The average Bonchev–Trinajstić information content (AvgIpc) is 2.92. The van der Waals surface area contributed by atoms with Gasteiger partial charge in [-0.1, -0.05) is 12.2 Å². The van der Waals surface area contributed by atoms with Gasteiger partial charge in [0.25, 0.3) is 0 Å². The van der Waals surface area contributed by atoms with Crippen LogP contribution in [-0.2, 0) is 19.0 Å². The Morgan fingerprint density at radius 3 is 1.28 bits per heavy atom. The molecule has 0 unspecified atom stereocenters. The van der Waals surface area contributed by atoms with Crippen molar-refractivity contribution in [1.82, 2.24) is 14.7 Å². The number of carbonyl (C=O) groups is 4. The van der Waals surface area contributed by atoms with Crippen molar-refractivity contribution in [3.05, 3.63) is 25.3 Å². The van der Waals surface area contributed by atoms with Crippen LogP contribution >= 0.6 is 0 Å². The molecule has 0 bridgehead atoms. The molecule has 3 rings (SSSR count). The van der Waals surface area contributed by atoms with E-state index in [2.05, 4.69) is 13.2 Å². The van der Waals surface area contributed by atoms with E-state index in [1.165, 1.54) is 0 Å². The second kappa shape index (κ2) is 17.3. The van der Waals surface area contributed by atoms with Gasteiger partial charge in [0.2, 0.25) is 0 Å². The average molecular weight is 668 g/mol. The van der Waals surface area contributed by atoms with Crippen molar-refractivity contribution in [3.63, 3.8) is 0 Å². The summed E-state index contributed by atoms with van der Waals surface area (Å²) in [6, 6.07) is 0. The topological polar surface area (TPSA) is 146 Å². The quantitative estimate of drug-likeness (QED) is 0.280. The van der Waals surface area contributed by atoms with Gasteiger partial charge in [-0.15, -0.1) is 13.2 Å². The van der Waals surface area contributed by atoms with Crippen molar-refractivity contribution in [2.45, 2.75) is 135 Å². The van der Waals surface area contributed by atoms with Gasteiger partial charge in [-0.25, -0.2) is 14.4 Å². The Bertz CT molecular complexity index is 1060. The molecule has 3 amide bonds. The summed E-state index contributed by atoms with van der Waals surface area (Å²) in [6.45, 7) is 26.9. The molecule has 3 saturated heterocycles. The molecule has 0 atom stereocenters. The largest absolute Gasteiger partial charge is 0.444 e. The molecule has 0 saturated carbocycles. The Balaban J connectivity index is 0.000000354. The van der Waals surface area contributed by atoms with Crippen LogP contribution in [-0.4, -0.2) is 116 Å². The summed E-state index contributed by atoms with van der Waals surface area (Å²) in [4.78, 5) is 50.8. The summed E-state index contributed by atoms with van der Waals surface area (Å²) in [7, 11) is 0. The van der Waals surface area contributed by atoms with Gasteiger partial charge in [0.05, 0.1) is 11.2 Å². The number of carbonyl (C=O) groups excluding carboxylic acids is 4. The minimum Gasteiger partial charge on any atom is -0.444 e. The molecule has 3 aliphatic heterocycles. The lowest BCUT2D eigenvalue weighted by Gasteiger charge is -2.38. The molecule has 3 heterocycles. The summed E-state index contributed by atoms with van der Waals surface area (Å²) < 4.78 is 15.7. The third-order valence-corrected chi connectivity index (χ3v) is 7.50. The molecule has 0 aromatic rings. The highest BCUT2D eigenvalue weighted by Gasteiger charge is 2.35. The van der Waals surface area contributed by atoms with Crippen LogP contribution < -0.4 is 0 Å². The predicted molar refractivity (Wildman–Crippen MR) is 181 cm³/mol. The number of rotatable bonds is 3. The lowest BCUT2D eigenvalue weighted by Crippen LogP contribution is -2.47. The summed E-state index contributed by atoms with van der Waals surface area (Å²) in [5.74, 6) is 0.227. The number of amides is 3. The van der Waals surface area contributed by atoms with E-state index >= 15 is 0 Å². The Hall–Kier alpha value is -3.12. The zero-order chi connectivity index (χ0) is 36.3. The molecule has 2 N–H and O–H groups in total. The first-order chi connectivity index (χ1) is 21.4. The number of nitrogens with zero attached hydrogens (tertiary/aromatic N) is 3. The molecule has 0 aromatic heterocycles. The molecule has 0 aromatic carbocycles. The third kappa shape index (κ3) is 17.0. The van der Waals surface area contributed by atoms with Crippen molar-refractivity contribution in [1.29, 1.82) is 0 Å². The number of likely N-dealkylation sites (tertiary alicyclic amines) is 3. The van der Waals surface area contributed by atoms with Crippen LogP contribution in [0, 0.1) is 0 Å². The molecule has 3 fully saturated rings. The first kappa shape index (κ1) is 41.9. The fourth-order valence-corrected chi connectivity index (χ4v) is 4.78. The Morgan fingerprint density at radius 2 is 0.979 bits per heavy atom. The van der Waals surface area contributed by atoms with Crippen molar-refractivity contribution in [3.8, 4) is 0 Å². The summed E-state index contributed by atoms with van der Waals surface area (Å²) >= 11 is 0. The van der Waals surface area contributed by atoms with Gasteiger partial charge in [-0.05, 0) is 94.4 Å². The van der Waals surface area contributed by atoms with E-state index in [1.54, 1.807) is 26.9 Å². The van der Waals surface area contributed by atoms with Gasteiger partial charge in [0.1, 0.15) is 22.6 Å². The van der Waals surface area contributed by atoms with Gasteiger partial charge >= 0.3 is 18.3 Å². The highest BCUT2D eigenvalue weighted by atomic mass is 16.6. The standard InChI is InChI=1S/C13H23NO3.C12H21NO3.C10H17NO3/c1-5-6-13(16)7-9-14(10-8-13)11(15)17-12(2,3)4;1-5-12(15)6-8-13(9-7-12)10(14)16-11(2,3)4;1-10(2,3)14-9(13)11-6-4-8(12)5-7-11/h5,16H,1,6-10H2,2-4H3;5,15H,1,6-9H2,2-4H3;4-7H2,1-3H3. The Morgan fingerprint density at radius 1 is 0.660 bits per heavy atom. The first-order valence-electron chi connectivity index (χ1n) is 16.5. The van der Waals surface area contributed by atoms with Crippen molar-refractivity contribution in [2.24, 2.45) is 0 Å². The summed E-state index contributed by atoms with van der Waals surface area (Å²) in [6.07, 6.45) is 6.07. The fraction of sp³-hybridized carbons (Fsp3) is 0.771. The summed E-state index contributed by atoms with van der Waals surface area (Å²) in [5, 5.41) is 20.1. The van der Waals surface area contributed by atoms with E-state index in [0.717, 1.165) is 0 Å². The van der Waals surface area contributed by atoms with Gasteiger partial charge in [0.15, 0.2) is 0 Å². The number of ketones is 1. The van der Waals surface area contributed by atoms with E-state index in [4.69, 9.17) is 14.2 Å². The molecule has 0 radical (unpaired) electrons. The van der Waals surface area contributed by atoms with Crippen LogP contribution in [0.25, 0.3) is 0 Å².